The lowest BCUT2D eigenvalue weighted by molar-refractivity contribution is 0.115. The first kappa shape index (κ1) is 15.0. The summed E-state index contributed by atoms with van der Waals surface area (Å²) in [6.45, 7) is 2.58. The van der Waals surface area contributed by atoms with Crippen LogP contribution in [0.2, 0.25) is 0 Å². The van der Waals surface area contributed by atoms with Crippen LogP contribution in [-0.2, 0) is 11.3 Å². The van der Waals surface area contributed by atoms with E-state index in [9.17, 15) is 0 Å². The maximum Gasteiger partial charge on any atom is 0.124 e. The Morgan fingerprint density at radius 3 is 2.61 bits per heavy atom. The van der Waals surface area contributed by atoms with Crippen molar-refractivity contribution in [2.24, 2.45) is 0 Å². The van der Waals surface area contributed by atoms with E-state index in [-0.39, 0.29) is 0 Å². The van der Waals surface area contributed by atoms with Gasteiger partial charge in [0.1, 0.15) is 5.75 Å². The van der Waals surface area contributed by atoms with Crippen LogP contribution in [-0.4, -0.2) is 27.3 Å². The van der Waals surface area contributed by atoms with Crippen LogP contribution >= 0.6 is 0 Å². The van der Waals surface area contributed by atoms with Gasteiger partial charge in [-0.1, -0.05) is 31.0 Å². The normalized spacial score (nSPS) is 10.6. The topological polar surface area (TPSA) is 30.5 Å². The molecule has 1 aromatic carbocycles. The Hall–Kier alpha value is -1.06. The van der Waals surface area contributed by atoms with Gasteiger partial charge in [0, 0.05) is 12.2 Å². The van der Waals surface area contributed by atoms with Crippen molar-refractivity contribution in [1.82, 2.24) is 5.32 Å². The third kappa shape index (κ3) is 6.03. The first-order chi connectivity index (χ1) is 8.88. The smallest absolute Gasteiger partial charge is 0.124 e. The number of para-hydroxylation sites is 1. The summed E-state index contributed by atoms with van der Waals surface area (Å²) < 4.78 is 11.0. The van der Waals surface area contributed by atoms with Gasteiger partial charge >= 0.3 is 0 Å². The summed E-state index contributed by atoms with van der Waals surface area (Å²) >= 11 is 0. The average Bonchev–Trinajstić information content (AvgIpc) is 2.42. The Labute approximate surface area is 110 Å². The standard InChI is InChI=1S/C15H25NO2/c1-16-11-7-3-4-8-12-18-13-14-9-5-6-10-15(14)17-2/h5-6,9-10,16H,3-4,7-8,11-13H2,1-2H3. The van der Waals surface area contributed by atoms with Gasteiger partial charge in [-0.15, -0.1) is 0 Å². The SMILES string of the molecule is CNCCCCCCOCc1ccccc1OC. The van der Waals surface area contributed by atoms with Gasteiger partial charge < -0.3 is 14.8 Å². The highest BCUT2D eigenvalue weighted by atomic mass is 16.5. The van der Waals surface area contributed by atoms with Crippen LogP contribution in [0.5, 0.6) is 5.75 Å². The number of methoxy groups -OCH3 is 1. The molecule has 0 heterocycles. The molecular formula is C15H25NO2. The molecule has 0 aliphatic heterocycles. The zero-order valence-corrected chi connectivity index (χ0v) is 11.6. The third-order valence-corrected chi connectivity index (χ3v) is 2.92. The Morgan fingerprint density at radius 1 is 1.06 bits per heavy atom. The maximum atomic E-state index is 5.67. The van der Waals surface area contributed by atoms with E-state index in [4.69, 9.17) is 9.47 Å². The Morgan fingerprint density at radius 2 is 1.83 bits per heavy atom. The Bertz CT molecular complexity index is 315. The molecule has 0 saturated carbocycles. The average molecular weight is 251 g/mol. The molecule has 3 nitrogen and oxygen atoms in total. The van der Waals surface area contributed by atoms with Crippen molar-refractivity contribution >= 4 is 0 Å². The summed E-state index contributed by atoms with van der Waals surface area (Å²) in [5.41, 5.74) is 1.12. The van der Waals surface area contributed by atoms with Gasteiger partial charge in [-0.3, -0.25) is 0 Å². The molecule has 0 atom stereocenters. The largest absolute Gasteiger partial charge is 0.496 e. The molecule has 0 unspecified atom stereocenters. The second-order valence-corrected chi connectivity index (χ2v) is 4.38. The maximum absolute atomic E-state index is 5.67. The monoisotopic (exact) mass is 251 g/mol. The van der Waals surface area contributed by atoms with E-state index in [1.807, 2.05) is 31.3 Å². The summed E-state index contributed by atoms with van der Waals surface area (Å²) in [7, 11) is 3.69. The number of rotatable bonds is 10. The number of hydrogen-bond donors (Lipinski definition) is 1. The van der Waals surface area contributed by atoms with Gasteiger partial charge in [-0.05, 0) is 32.5 Å². The molecule has 0 fully saturated rings. The van der Waals surface area contributed by atoms with Gasteiger partial charge in [0.15, 0.2) is 0 Å². The van der Waals surface area contributed by atoms with E-state index in [2.05, 4.69) is 5.32 Å². The summed E-state index contributed by atoms with van der Waals surface area (Å²) in [5, 5.41) is 3.16. The molecule has 18 heavy (non-hydrogen) atoms. The van der Waals surface area contributed by atoms with Crippen molar-refractivity contribution in [3.8, 4) is 5.75 Å². The highest BCUT2D eigenvalue weighted by molar-refractivity contribution is 5.32. The van der Waals surface area contributed by atoms with E-state index >= 15 is 0 Å². The first-order valence-corrected chi connectivity index (χ1v) is 6.72. The molecule has 0 bridgehead atoms. The van der Waals surface area contributed by atoms with Gasteiger partial charge in [0.25, 0.3) is 0 Å². The van der Waals surface area contributed by atoms with Crippen molar-refractivity contribution in [2.75, 3.05) is 27.3 Å². The van der Waals surface area contributed by atoms with Crippen molar-refractivity contribution < 1.29 is 9.47 Å². The number of hydrogen-bond acceptors (Lipinski definition) is 3. The van der Waals surface area contributed by atoms with Gasteiger partial charge in [-0.25, -0.2) is 0 Å². The fraction of sp³-hybridized carbons (Fsp3) is 0.600. The number of nitrogens with one attached hydrogen (secondary N) is 1. The molecule has 0 aliphatic rings. The predicted octanol–water partition coefficient (Wildman–Crippen LogP) is 2.99. The van der Waals surface area contributed by atoms with Crippen LogP contribution < -0.4 is 10.1 Å². The first-order valence-electron chi connectivity index (χ1n) is 6.72. The van der Waals surface area contributed by atoms with E-state index < -0.39 is 0 Å². The molecule has 102 valence electrons. The molecule has 0 amide bonds. The summed E-state index contributed by atoms with van der Waals surface area (Å²) in [6, 6.07) is 8.01. The van der Waals surface area contributed by atoms with Crippen LogP contribution in [0.15, 0.2) is 24.3 Å². The van der Waals surface area contributed by atoms with Crippen LogP contribution in [0.3, 0.4) is 0 Å². The van der Waals surface area contributed by atoms with E-state index in [0.717, 1.165) is 30.9 Å². The van der Waals surface area contributed by atoms with E-state index in [1.165, 1.54) is 19.3 Å². The minimum Gasteiger partial charge on any atom is -0.496 e. The van der Waals surface area contributed by atoms with Crippen molar-refractivity contribution in [3.63, 3.8) is 0 Å². The molecule has 3 heteroatoms. The zero-order valence-electron chi connectivity index (χ0n) is 11.6. The minimum absolute atomic E-state index is 0.639. The number of benzene rings is 1. The summed E-state index contributed by atoms with van der Waals surface area (Å²) in [6.07, 6.45) is 4.91. The van der Waals surface area contributed by atoms with Crippen LogP contribution in [0.25, 0.3) is 0 Å². The zero-order chi connectivity index (χ0) is 13.1. The van der Waals surface area contributed by atoms with Gasteiger partial charge in [0.05, 0.1) is 13.7 Å². The summed E-state index contributed by atoms with van der Waals surface area (Å²) in [4.78, 5) is 0. The quantitative estimate of drug-likeness (QED) is 0.648. The second kappa shape index (κ2) is 9.92. The van der Waals surface area contributed by atoms with Gasteiger partial charge in [-0.2, -0.15) is 0 Å². The Balaban J connectivity index is 2.07. The molecule has 0 saturated heterocycles. The molecule has 0 aliphatic carbocycles. The molecule has 0 spiro atoms. The van der Waals surface area contributed by atoms with Crippen molar-refractivity contribution in [2.45, 2.75) is 32.3 Å². The fourth-order valence-electron chi connectivity index (χ4n) is 1.86. The highest BCUT2D eigenvalue weighted by Gasteiger charge is 2.00. The van der Waals surface area contributed by atoms with Crippen LogP contribution in [0, 0.1) is 0 Å². The van der Waals surface area contributed by atoms with Gasteiger partial charge in [0.2, 0.25) is 0 Å². The predicted molar refractivity (Wildman–Crippen MR) is 75.0 cm³/mol. The lowest BCUT2D eigenvalue weighted by atomic mass is 10.2. The molecule has 1 N–H and O–H groups in total. The second-order valence-electron chi connectivity index (χ2n) is 4.38. The molecule has 0 radical (unpaired) electrons. The third-order valence-electron chi connectivity index (χ3n) is 2.92. The van der Waals surface area contributed by atoms with E-state index in [0.29, 0.717) is 6.61 Å². The Kier molecular flexibility index (Phi) is 8.26. The highest BCUT2D eigenvalue weighted by Crippen LogP contribution is 2.18. The molecule has 1 rings (SSSR count). The minimum atomic E-state index is 0.639. The summed E-state index contributed by atoms with van der Waals surface area (Å²) in [5.74, 6) is 0.909. The number of ether oxygens (including phenoxy) is 2. The number of unbranched alkanes of at least 4 members (excludes halogenated alkanes) is 3. The molecule has 0 aromatic heterocycles. The van der Waals surface area contributed by atoms with E-state index in [1.54, 1.807) is 7.11 Å². The molecule has 1 aromatic rings. The van der Waals surface area contributed by atoms with Crippen LogP contribution in [0.1, 0.15) is 31.2 Å². The lowest BCUT2D eigenvalue weighted by Crippen LogP contribution is -2.07. The lowest BCUT2D eigenvalue weighted by Gasteiger charge is -2.08. The van der Waals surface area contributed by atoms with Crippen LogP contribution in [0.4, 0.5) is 0 Å². The molecular weight excluding hydrogens is 226 g/mol. The van der Waals surface area contributed by atoms with Crippen molar-refractivity contribution in [1.29, 1.82) is 0 Å². The fourth-order valence-corrected chi connectivity index (χ4v) is 1.86. The van der Waals surface area contributed by atoms with Crippen molar-refractivity contribution in [3.05, 3.63) is 29.8 Å².